The summed E-state index contributed by atoms with van der Waals surface area (Å²) in [7, 11) is 0. The van der Waals surface area contributed by atoms with E-state index in [9.17, 15) is 14.7 Å². The fourth-order valence-electron chi connectivity index (χ4n) is 6.12. The van der Waals surface area contributed by atoms with Gasteiger partial charge in [0.2, 0.25) is 0 Å². The maximum Gasteiger partial charge on any atom is 0.339 e. The second kappa shape index (κ2) is 28.3. The third-order valence-corrected chi connectivity index (χ3v) is 9.58. The fraction of sp³-hybridized carbons (Fsp3) is 0.895. The van der Waals surface area contributed by atoms with Crippen LogP contribution in [-0.4, -0.2) is 22.5 Å². The van der Waals surface area contributed by atoms with E-state index in [-0.39, 0.29) is 5.78 Å². The molecule has 0 rings (SSSR count). The monoisotopic (exact) mass is 607 g/mol. The molecule has 0 aliphatic carbocycles. The molecule has 0 radical (unpaired) electrons. The number of Topliss-reactive ketones (excluding diaryl/α,β-unsaturated/α-hetero) is 1. The Morgan fingerprint density at radius 3 is 1.23 bits per heavy atom. The SMILES string of the molecule is CCCCCCCCC=CCCCCCCCC(=O)C(C)(CCCCCCCCCCCCCCCC)C(N)(N)C(=O)O. The van der Waals surface area contributed by atoms with Gasteiger partial charge in [0.15, 0.2) is 5.66 Å². The summed E-state index contributed by atoms with van der Waals surface area (Å²) >= 11 is 0. The van der Waals surface area contributed by atoms with E-state index in [1.807, 2.05) is 0 Å². The minimum absolute atomic E-state index is 0.0905. The Hall–Kier alpha value is -1.20. The Morgan fingerprint density at radius 1 is 0.535 bits per heavy atom. The van der Waals surface area contributed by atoms with E-state index in [0.29, 0.717) is 12.8 Å². The summed E-state index contributed by atoms with van der Waals surface area (Å²) in [4.78, 5) is 25.2. The lowest BCUT2D eigenvalue weighted by Gasteiger charge is -2.39. The highest BCUT2D eigenvalue weighted by Gasteiger charge is 2.52. The summed E-state index contributed by atoms with van der Waals surface area (Å²) < 4.78 is 0. The van der Waals surface area contributed by atoms with E-state index < -0.39 is 17.0 Å². The first kappa shape index (κ1) is 41.8. The van der Waals surface area contributed by atoms with E-state index >= 15 is 0 Å². The lowest BCUT2D eigenvalue weighted by Crippen LogP contribution is -2.69. The molecular formula is C38H74N2O3. The first-order valence-electron chi connectivity index (χ1n) is 18.7. The molecule has 5 heteroatoms. The molecule has 1 unspecified atom stereocenters. The van der Waals surface area contributed by atoms with Gasteiger partial charge in [-0.1, -0.05) is 167 Å². The van der Waals surface area contributed by atoms with Crippen LogP contribution in [0.25, 0.3) is 0 Å². The standard InChI is InChI=1S/C38H74N2O3/c1-4-6-8-10-12-14-16-18-20-21-23-25-27-29-31-33-35(41)37(3,38(39,40)36(42)43)34-32-30-28-26-24-22-19-17-15-13-11-9-7-5-2/h18,20H,4-17,19,21-34,39-40H2,1-3H3,(H,42,43). The van der Waals surface area contributed by atoms with Crippen LogP contribution in [0.4, 0.5) is 0 Å². The topological polar surface area (TPSA) is 106 Å². The number of allylic oxidation sites excluding steroid dienone is 2. The molecule has 0 spiro atoms. The maximum atomic E-state index is 13.3. The fourth-order valence-corrected chi connectivity index (χ4v) is 6.12. The van der Waals surface area contributed by atoms with Crippen LogP contribution in [0.2, 0.25) is 0 Å². The Bertz CT molecular complexity index is 691. The Labute approximate surface area is 267 Å². The van der Waals surface area contributed by atoms with Crippen molar-refractivity contribution in [1.29, 1.82) is 0 Å². The molecule has 0 aromatic heterocycles. The molecule has 0 saturated carbocycles. The smallest absolute Gasteiger partial charge is 0.339 e. The number of carbonyl (C=O) groups is 2. The van der Waals surface area contributed by atoms with Gasteiger partial charge < -0.3 is 16.6 Å². The van der Waals surface area contributed by atoms with Gasteiger partial charge >= 0.3 is 5.97 Å². The van der Waals surface area contributed by atoms with Crippen LogP contribution in [0, 0.1) is 5.41 Å². The Morgan fingerprint density at radius 2 is 0.860 bits per heavy atom. The van der Waals surface area contributed by atoms with Crippen LogP contribution < -0.4 is 11.5 Å². The zero-order chi connectivity index (χ0) is 32.1. The summed E-state index contributed by atoms with van der Waals surface area (Å²) in [5, 5.41) is 9.74. The van der Waals surface area contributed by atoms with Gasteiger partial charge in [-0.3, -0.25) is 4.79 Å². The average molecular weight is 607 g/mol. The summed E-state index contributed by atoms with van der Waals surface area (Å²) in [5.41, 5.74) is 8.92. The van der Waals surface area contributed by atoms with Gasteiger partial charge in [0.05, 0.1) is 5.41 Å². The first-order chi connectivity index (χ1) is 20.7. The molecule has 5 nitrogen and oxygen atoms in total. The van der Waals surface area contributed by atoms with E-state index in [2.05, 4.69) is 26.0 Å². The lowest BCUT2D eigenvalue weighted by molar-refractivity contribution is -0.154. The van der Waals surface area contributed by atoms with Crippen molar-refractivity contribution >= 4 is 11.8 Å². The molecule has 0 aliphatic rings. The van der Waals surface area contributed by atoms with Crippen molar-refractivity contribution in [2.75, 3.05) is 0 Å². The number of hydrogen-bond donors (Lipinski definition) is 3. The third kappa shape index (κ3) is 21.2. The van der Waals surface area contributed by atoms with E-state index in [4.69, 9.17) is 11.5 Å². The van der Waals surface area contributed by atoms with Crippen molar-refractivity contribution in [1.82, 2.24) is 0 Å². The highest BCUT2D eigenvalue weighted by Crippen LogP contribution is 2.35. The quantitative estimate of drug-likeness (QED) is 0.0391. The molecule has 0 fully saturated rings. The molecule has 0 aliphatic heterocycles. The van der Waals surface area contributed by atoms with Crippen molar-refractivity contribution in [2.45, 2.75) is 213 Å². The summed E-state index contributed by atoms with van der Waals surface area (Å²) in [6.45, 7) is 6.20. The summed E-state index contributed by atoms with van der Waals surface area (Å²) in [6, 6.07) is 0. The molecule has 43 heavy (non-hydrogen) atoms. The van der Waals surface area contributed by atoms with Crippen LogP contribution in [0.1, 0.15) is 207 Å². The molecular weight excluding hydrogens is 532 g/mol. The molecule has 0 bridgehead atoms. The highest BCUT2D eigenvalue weighted by atomic mass is 16.4. The molecule has 5 N–H and O–H groups in total. The van der Waals surface area contributed by atoms with Gasteiger partial charge in [-0.05, 0) is 45.4 Å². The second-order valence-corrected chi connectivity index (χ2v) is 13.6. The number of carboxylic acid groups (broad SMARTS) is 1. The van der Waals surface area contributed by atoms with Crippen LogP contribution in [0.15, 0.2) is 12.2 Å². The Balaban J connectivity index is 4.12. The first-order valence-corrected chi connectivity index (χ1v) is 18.7. The van der Waals surface area contributed by atoms with Crippen molar-refractivity contribution in [2.24, 2.45) is 16.9 Å². The van der Waals surface area contributed by atoms with Crippen LogP contribution in [0.3, 0.4) is 0 Å². The highest BCUT2D eigenvalue weighted by molar-refractivity contribution is 5.93. The largest absolute Gasteiger partial charge is 0.479 e. The van der Waals surface area contributed by atoms with Crippen LogP contribution in [0.5, 0.6) is 0 Å². The number of nitrogens with two attached hydrogens (primary N) is 2. The molecule has 0 aromatic carbocycles. The molecule has 0 heterocycles. The van der Waals surface area contributed by atoms with Gasteiger partial charge in [0, 0.05) is 6.42 Å². The number of hydrogen-bond acceptors (Lipinski definition) is 4. The third-order valence-electron chi connectivity index (χ3n) is 9.58. The van der Waals surface area contributed by atoms with Crippen molar-refractivity contribution < 1.29 is 14.7 Å². The zero-order valence-corrected chi connectivity index (χ0v) is 29.1. The normalized spacial score (nSPS) is 13.5. The number of carbonyl (C=O) groups excluding carboxylic acids is 1. The molecule has 254 valence electrons. The number of rotatable bonds is 33. The van der Waals surface area contributed by atoms with Crippen molar-refractivity contribution in [3.63, 3.8) is 0 Å². The predicted molar refractivity (Wildman–Crippen MR) is 186 cm³/mol. The van der Waals surface area contributed by atoms with Crippen LogP contribution in [-0.2, 0) is 9.59 Å². The summed E-state index contributed by atoms with van der Waals surface area (Å²) in [6.07, 6.45) is 38.6. The average Bonchev–Trinajstić information content (AvgIpc) is 2.98. The molecule has 1 atom stereocenters. The molecule has 0 saturated heterocycles. The minimum atomic E-state index is -2.04. The minimum Gasteiger partial charge on any atom is -0.479 e. The van der Waals surface area contributed by atoms with E-state index in [1.165, 1.54) is 128 Å². The molecule has 0 amide bonds. The Kier molecular flexibility index (Phi) is 27.5. The predicted octanol–water partition coefficient (Wildman–Crippen LogP) is 11.2. The number of unbranched alkanes of at least 4 members (excludes halogenated alkanes) is 24. The summed E-state index contributed by atoms with van der Waals surface area (Å²) in [5.74, 6) is -1.38. The van der Waals surface area contributed by atoms with E-state index in [1.54, 1.807) is 6.92 Å². The number of carboxylic acids is 1. The van der Waals surface area contributed by atoms with Gasteiger partial charge in [-0.2, -0.15) is 0 Å². The van der Waals surface area contributed by atoms with Crippen molar-refractivity contribution in [3.8, 4) is 0 Å². The number of aliphatic carboxylic acids is 1. The second-order valence-electron chi connectivity index (χ2n) is 13.6. The number of ketones is 1. The maximum absolute atomic E-state index is 13.3. The van der Waals surface area contributed by atoms with Gasteiger partial charge in [-0.15, -0.1) is 0 Å². The molecule has 0 aromatic rings. The van der Waals surface area contributed by atoms with Crippen molar-refractivity contribution in [3.05, 3.63) is 12.2 Å². The zero-order valence-electron chi connectivity index (χ0n) is 29.1. The van der Waals surface area contributed by atoms with Gasteiger partial charge in [0.1, 0.15) is 5.78 Å². The van der Waals surface area contributed by atoms with Gasteiger partial charge in [0.25, 0.3) is 0 Å². The van der Waals surface area contributed by atoms with Crippen LogP contribution >= 0.6 is 0 Å². The van der Waals surface area contributed by atoms with Gasteiger partial charge in [-0.25, -0.2) is 4.79 Å². The lowest BCUT2D eigenvalue weighted by atomic mass is 9.69. The van der Waals surface area contributed by atoms with E-state index in [0.717, 1.165) is 44.9 Å².